The molecule has 0 aliphatic heterocycles. The Balaban J connectivity index is 1.65. The van der Waals surface area contributed by atoms with E-state index in [1.165, 1.54) is 7.11 Å². The molecule has 0 spiro atoms. The summed E-state index contributed by atoms with van der Waals surface area (Å²) in [4.78, 5) is 0.204. The molecule has 4 aromatic rings. The van der Waals surface area contributed by atoms with E-state index in [-0.39, 0.29) is 10.6 Å². The van der Waals surface area contributed by atoms with Crippen LogP contribution < -0.4 is 14.8 Å². The van der Waals surface area contributed by atoms with Crippen molar-refractivity contribution in [1.82, 2.24) is 0 Å². The molecule has 0 amide bonds. The number of benzene rings is 4. The first-order chi connectivity index (χ1) is 15.0. The van der Waals surface area contributed by atoms with Gasteiger partial charge in [0, 0.05) is 28.6 Å². The van der Waals surface area contributed by atoms with Crippen molar-refractivity contribution in [3.05, 3.63) is 90.5 Å². The molecule has 0 heterocycles. The molecule has 0 saturated carbocycles. The Labute approximate surface area is 181 Å². The van der Waals surface area contributed by atoms with Crippen molar-refractivity contribution in [3.8, 4) is 11.5 Å². The number of rotatable bonds is 7. The normalized spacial score (nSPS) is 11.3. The summed E-state index contributed by atoms with van der Waals surface area (Å²) < 4.78 is 33.4. The van der Waals surface area contributed by atoms with Crippen LogP contribution in [0.4, 0.5) is 11.4 Å². The zero-order valence-electron chi connectivity index (χ0n) is 16.9. The van der Waals surface area contributed by atoms with Crippen LogP contribution in [0, 0.1) is 0 Å². The number of hydrogen-bond acceptors (Lipinski definition) is 5. The number of hydrogen-bond donors (Lipinski definition) is 3. The lowest BCUT2D eigenvalue weighted by atomic mass is 10.1. The van der Waals surface area contributed by atoms with E-state index in [1.807, 2.05) is 42.5 Å². The number of nitrogens with one attached hydrogen (secondary N) is 2. The highest BCUT2D eigenvalue weighted by Gasteiger charge is 2.16. The Morgan fingerprint density at radius 1 is 0.806 bits per heavy atom. The largest absolute Gasteiger partial charge is 0.504 e. The van der Waals surface area contributed by atoms with Crippen molar-refractivity contribution in [1.29, 1.82) is 0 Å². The van der Waals surface area contributed by atoms with Gasteiger partial charge in [-0.2, -0.15) is 0 Å². The average molecular weight is 435 g/mol. The highest BCUT2D eigenvalue weighted by molar-refractivity contribution is 7.92. The third kappa shape index (κ3) is 4.27. The van der Waals surface area contributed by atoms with E-state index >= 15 is 0 Å². The third-order valence-electron chi connectivity index (χ3n) is 4.99. The molecule has 0 saturated heterocycles. The second-order valence-electron chi connectivity index (χ2n) is 6.95. The lowest BCUT2D eigenvalue weighted by Crippen LogP contribution is -2.13. The molecular formula is C24H22N2O4S. The summed E-state index contributed by atoms with van der Waals surface area (Å²) in [5.74, 6) is 0.504. The van der Waals surface area contributed by atoms with Crippen LogP contribution >= 0.6 is 0 Å². The van der Waals surface area contributed by atoms with Gasteiger partial charge in [0.2, 0.25) is 0 Å². The lowest BCUT2D eigenvalue weighted by Gasteiger charge is -2.15. The van der Waals surface area contributed by atoms with Crippen molar-refractivity contribution in [2.45, 2.75) is 11.4 Å². The molecular weight excluding hydrogens is 412 g/mol. The molecule has 4 aromatic carbocycles. The first-order valence-corrected chi connectivity index (χ1v) is 11.2. The van der Waals surface area contributed by atoms with Crippen LogP contribution in [-0.2, 0) is 16.6 Å². The number of anilines is 2. The van der Waals surface area contributed by atoms with Crippen molar-refractivity contribution in [2.24, 2.45) is 0 Å². The van der Waals surface area contributed by atoms with Gasteiger partial charge in [-0.25, -0.2) is 8.42 Å². The standard InChI is InChI=1S/C24H22N2O4S/c1-30-23-13-7-8-17(24(23)27)16-25-21-14-15-22(20-12-6-5-11-19(20)21)26-31(28,29)18-9-3-2-4-10-18/h2-15,25-27H,16H2,1H3. The van der Waals surface area contributed by atoms with E-state index in [0.29, 0.717) is 23.5 Å². The molecule has 0 aliphatic rings. The minimum absolute atomic E-state index is 0.0917. The van der Waals surface area contributed by atoms with Gasteiger partial charge in [-0.05, 0) is 30.3 Å². The van der Waals surface area contributed by atoms with E-state index in [2.05, 4.69) is 10.0 Å². The molecule has 6 nitrogen and oxygen atoms in total. The highest BCUT2D eigenvalue weighted by Crippen LogP contribution is 2.33. The van der Waals surface area contributed by atoms with E-state index < -0.39 is 10.0 Å². The van der Waals surface area contributed by atoms with Gasteiger partial charge in [0.15, 0.2) is 11.5 Å². The first kappa shape index (κ1) is 20.6. The van der Waals surface area contributed by atoms with Crippen molar-refractivity contribution in [2.75, 3.05) is 17.1 Å². The number of methoxy groups -OCH3 is 1. The summed E-state index contributed by atoms with van der Waals surface area (Å²) in [5, 5.41) is 15.3. The Bertz CT molecular complexity index is 1320. The molecule has 4 rings (SSSR count). The minimum atomic E-state index is -3.70. The van der Waals surface area contributed by atoms with E-state index in [4.69, 9.17) is 4.74 Å². The van der Waals surface area contributed by atoms with Crippen LogP contribution in [0.25, 0.3) is 10.8 Å². The molecule has 0 radical (unpaired) electrons. The van der Waals surface area contributed by atoms with Crippen molar-refractivity contribution < 1.29 is 18.3 Å². The maximum absolute atomic E-state index is 12.8. The fraction of sp³-hybridized carbons (Fsp3) is 0.0833. The van der Waals surface area contributed by atoms with Crippen LogP contribution in [0.1, 0.15) is 5.56 Å². The first-order valence-electron chi connectivity index (χ1n) is 9.68. The van der Waals surface area contributed by atoms with Gasteiger partial charge >= 0.3 is 0 Å². The summed E-state index contributed by atoms with van der Waals surface area (Å²) in [6, 6.07) is 24.7. The summed E-state index contributed by atoms with van der Waals surface area (Å²) in [5.41, 5.74) is 2.01. The Kier molecular flexibility index (Phi) is 5.68. The number of sulfonamides is 1. The number of para-hydroxylation sites is 1. The van der Waals surface area contributed by atoms with E-state index in [9.17, 15) is 13.5 Å². The third-order valence-corrected chi connectivity index (χ3v) is 6.38. The summed E-state index contributed by atoms with van der Waals surface area (Å²) in [6.07, 6.45) is 0. The van der Waals surface area contributed by atoms with Gasteiger partial charge in [-0.3, -0.25) is 4.72 Å². The average Bonchev–Trinajstić information content (AvgIpc) is 2.80. The van der Waals surface area contributed by atoms with Crippen LogP contribution in [0.3, 0.4) is 0 Å². The van der Waals surface area contributed by atoms with Gasteiger partial charge in [-0.15, -0.1) is 0 Å². The number of phenolic OH excluding ortho intramolecular Hbond substituents is 1. The molecule has 31 heavy (non-hydrogen) atoms. The maximum atomic E-state index is 12.8. The number of aromatic hydroxyl groups is 1. The predicted molar refractivity (Wildman–Crippen MR) is 123 cm³/mol. The predicted octanol–water partition coefficient (Wildman–Crippen LogP) is 4.97. The lowest BCUT2D eigenvalue weighted by molar-refractivity contribution is 0.371. The Hall–Kier alpha value is -3.71. The van der Waals surface area contributed by atoms with Gasteiger partial charge in [0.25, 0.3) is 10.0 Å². The summed E-state index contributed by atoms with van der Waals surface area (Å²) in [6.45, 7) is 0.377. The Morgan fingerprint density at radius 2 is 1.45 bits per heavy atom. The van der Waals surface area contributed by atoms with Crippen LogP contribution in [0.2, 0.25) is 0 Å². The molecule has 3 N–H and O–H groups in total. The van der Waals surface area contributed by atoms with Crippen LogP contribution in [0.15, 0.2) is 89.8 Å². The number of fused-ring (bicyclic) bond motifs is 1. The molecule has 0 fully saturated rings. The maximum Gasteiger partial charge on any atom is 0.261 e. The zero-order chi connectivity index (χ0) is 21.8. The zero-order valence-corrected chi connectivity index (χ0v) is 17.7. The van der Waals surface area contributed by atoms with Gasteiger partial charge in [-0.1, -0.05) is 54.6 Å². The van der Waals surface area contributed by atoms with E-state index in [1.54, 1.807) is 42.5 Å². The highest BCUT2D eigenvalue weighted by atomic mass is 32.2. The van der Waals surface area contributed by atoms with Crippen LogP contribution in [-0.4, -0.2) is 20.6 Å². The van der Waals surface area contributed by atoms with Gasteiger partial charge in [0.1, 0.15) is 0 Å². The second-order valence-corrected chi connectivity index (χ2v) is 8.63. The molecule has 0 unspecified atom stereocenters. The van der Waals surface area contributed by atoms with Crippen molar-refractivity contribution in [3.63, 3.8) is 0 Å². The monoisotopic (exact) mass is 434 g/mol. The molecule has 0 aromatic heterocycles. The van der Waals surface area contributed by atoms with Crippen molar-refractivity contribution >= 4 is 32.2 Å². The Morgan fingerprint density at radius 3 is 2.16 bits per heavy atom. The SMILES string of the molecule is COc1cccc(CNc2ccc(NS(=O)(=O)c3ccccc3)c3ccccc23)c1O. The molecule has 0 atom stereocenters. The van der Waals surface area contributed by atoms with E-state index in [0.717, 1.165) is 16.5 Å². The molecule has 7 heteroatoms. The summed E-state index contributed by atoms with van der Waals surface area (Å²) in [7, 11) is -2.19. The quantitative estimate of drug-likeness (QED) is 0.382. The molecule has 0 bridgehead atoms. The fourth-order valence-corrected chi connectivity index (χ4v) is 4.51. The van der Waals surface area contributed by atoms with Gasteiger partial charge < -0.3 is 15.2 Å². The smallest absolute Gasteiger partial charge is 0.261 e. The summed E-state index contributed by atoms with van der Waals surface area (Å²) >= 11 is 0. The van der Waals surface area contributed by atoms with Crippen LogP contribution in [0.5, 0.6) is 11.5 Å². The molecule has 0 aliphatic carbocycles. The second kappa shape index (κ2) is 8.57. The number of ether oxygens (including phenoxy) is 1. The van der Waals surface area contributed by atoms with Gasteiger partial charge in [0.05, 0.1) is 17.7 Å². The molecule has 158 valence electrons. The minimum Gasteiger partial charge on any atom is -0.504 e. The number of phenols is 1. The topological polar surface area (TPSA) is 87.7 Å². The fourth-order valence-electron chi connectivity index (χ4n) is 3.41.